The van der Waals surface area contributed by atoms with Crippen LogP contribution in [-0.2, 0) is 12.0 Å². The van der Waals surface area contributed by atoms with Gasteiger partial charge >= 0.3 is 0 Å². The lowest BCUT2D eigenvalue weighted by atomic mass is 9.98. The molecule has 1 nitrogen and oxygen atoms in total. The fraction of sp³-hybridized carbons (Fsp3) is 0.556. The molecule has 66 valence electrons. The highest BCUT2D eigenvalue weighted by atomic mass is 35.5. The molecule has 1 aliphatic rings. The summed E-state index contributed by atoms with van der Waals surface area (Å²) in [7, 11) is 0. The molecule has 0 aliphatic heterocycles. The highest BCUT2D eigenvalue weighted by Crippen LogP contribution is 2.51. The molecule has 3 heteroatoms. The minimum atomic E-state index is 0.401. The molecule has 0 radical (unpaired) electrons. The van der Waals surface area contributed by atoms with E-state index in [1.165, 1.54) is 24.0 Å². The van der Waals surface area contributed by atoms with Gasteiger partial charge in [0.2, 0.25) is 0 Å². The molecule has 0 spiro atoms. The van der Waals surface area contributed by atoms with Gasteiger partial charge in [-0.15, -0.1) is 11.3 Å². The van der Waals surface area contributed by atoms with Crippen LogP contribution in [0.2, 0.25) is 4.34 Å². The summed E-state index contributed by atoms with van der Waals surface area (Å²) in [4.78, 5) is 0. The molecule has 0 aromatic carbocycles. The molecule has 0 amide bonds. The fourth-order valence-corrected chi connectivity index (χ4v) is 2.81. The second-order valence-electron chi connectivity index (χ2n) is 3.67. The van der Waals surface area contributed by atoms with Crippen LogP contribution in [0.25, 0.3) is 0 Å². The summed E-state index contributed by atoms with van der Waals surface area (Å²) in [5.41, 5.74) is 8.60. The van der Waals surface area contributed by atoms with Crippen LogP contribution in [0.1, 0.15) is 30.9 Å². The van der Waals surface area contributed by atoms with Gasteiger partial charge in [0.25, 0.3) is 0 Å². The Morgan fingerprint density at radius 1 is 1.67 bits per heavy atom. The Labute approximate surface area is 81.5 Å². The van der Waals surface area contributed by atoms with Crippen molar-refractivity contribution in [1.29, 1.82) is 0 Å². The Morgan fingerprint density at radius 3 is 2.83 bits per heavy atom. The van der Waals surface area contributed by atoms with Crippen molar-refractivity contribution in [3.05, 3.63) is 20.8 Å². The van der Waals surface area contributed by atoms with Gasteiger partial charge in [0.1, 0.15) is 0 Å². The molecule has 12 heavy (non-hydrogen) atoms. The zero-order valence-corrected chi connectivity index (χ0v) is 8.63. The van der Waals surface area contributed by atoms with E-state index >= 15 is 0 Å². The average Bonchev–Trinajstić information content (AvgIpc) is 2.65. The van der Waals surface area contributed by atoms with Crippen molar-refractivity contribution < 1.29 is 0 Å². The third-order valence-corrected chi connectivity index (χ3v) is 4.00. The summed E-state index contributed by atoms with van der Waals surface area (Å²) in [5, 5.41) is 2.16. The SMILES string of the molecule is CC1(c2csc(Cl)c2CN)CC1. The standard InChI is InChI=1S/C9H12ClNS/c1-9(2-3-9)7-5-12-8(10)6(7)4-11/h5H,2-4,11H2,1H3. The highest BCUT2D eigenvalue weighted by molar-refractivity contribution is 7.14. The van der Waals surface area contributed by atoms with Crippen LogP contribution in [0.4, 0.5) is 0 Å². The molecule has 1 aromatic rings. The Morgan fingerprint density at radius 2 is 2.33 bits per heavy atom. The van der Waals surface area contributed by atoms with Crippen molar-refractivity contribution in [2.75, 3.05) is 0 Å². The van der Waals surface area contributed by atoms with E-state index in [1.54, 1.807) is 11.3 Å². The predicted octanol–water partition coefficient (Wildman–Crippen LogP) is 2.91. The molecular weight excluding hydrogens is 190 g/mol. The molecule has 0 atom stereocenters. The number of nitrogens with two attached hydrogens (primary N) is 1. The third-order valence-electron chi connectivity index (χ3n) is 2.70. The van der Waals surface area contributed by atoms with Crippen LogP contribution in [-0.4, -0.2) is 0 Å². The lowest BCUT2D eigenvalue weighted by molar-refractivity contribution is 0.775. The van der Waals surface area contributed by atoms with E-state index < -0.39 is 0 Å². The molecule has 1 aliphatic carbocycles. The van der Waals surface area contributed by atoms with Crippen molar-refractivity contribution in [3.63, 3.8) is 0 Å². The van der Waals surface area contributed by atoms with Crippen LogP contribution < -0.4 is 5.73 Å². The maximum absolute atomic E-state index is 6.02. The molecule has 1 heterocycles. The van der Waals surface area contributed by atoms with Gasteiger partial charge in [-0.1, -0.05) is 18.5 Å². The molecule has 0 bridgehead atoms. The second-order valence-corrected chi connectivity index (χ2v) is 5.15. The molecule has 1 saturated carbocycles. The molecule has 1 aromatic heterocycles. The summed E-state index contributed by atoms with van der Waals surface area (Å²) >= 11 is 7.63. The number of hydrogen-bond acceptors (Lipinski definition) is 2. The van der Waals surface area contributed by atoms with E-state index in [4.69, 9.17) is 17.3 Å². The lowest BCUT2D eigenvalue weighted by Crippen LogP contribution is -2.05. The minimum Gasteiger partial charge on any atom is -0.326 e. The van der Waals surface area contributed by atoms with Gasteiger partial charge in [-0.3, -0.25) is 0 Å². The van der Waals surface area contributed by atoms with Crippen molar-refractivity contribution in [3.8, 4) is 0 Å². The van der Waals surface area contributed by atoms with Gasteiger partial charge in [-0.25, -0.2) is 0 Å². The summed E-state index contributed by atoms with van der Waals surface area (Å²) in [6.07, 6.45) is 2.57. The van der Waals surface area contributed by atoms with Crippen LogP contribution >= 0.6 is 22.9 Å². The molecule has 2 rings (SSSR count). The largest absolute Gasteiger partial charge is 0.326 e. The van der Waals surface area contributed by atoms with Gasteiger partial charge in [-0.05, 0) is 34.8 Å². The van der Waals surface area contributed by atoms with Crippen molar-refractivity contribution >= 4 is 22.9 Å². The first-order valence-electron chi connectivity index (χ1n) is 4.14. The van der Waals surface area contributed by atoms with Crippen molar-refractivity contribution in [2.45, 2.75) is 31.7 Å². The lowest BCUT2D eigenvalue weighted by Gasteiger charge is -2.08. The van der Waals surface area contributed by atoms with E-state index in [0.717, 1.165) is 4.34 Å². The van der Waals surface area contributed by atoms with Crippen molar-refractivity contribution in [2.24, 2.45) is 5.73 Å². The summed E-state index contributed by atoms with van der Waals surface area (Å²) < 4.78 is 0.876. The topological polar surface area (TPSA) is 26.0 Å². The molecular formula is C9H12ClNS. The fourth-order valence-electron chi connectivity index (χ4n) is 1.51. The summed E-state index contributed by atoms with van der Waals surface area (Å²) in [5.74, 6) is 0. The number of halogens is 1. The average molecular weight is 202 g/mol. The smallest absolute Gasteiger partial charge is 0.0976 e. The van der Waals surface area contributed by atoms with Crippen LogP contribution in [0.15, 0.2) is 5.38 Å². The minimum absolute atomic E-state index is 0.401. The summed E-state index contributed by atoms with van der Waals surface area (Å²) in [6.45, 7) is 2.86. The first kappa shape index (κ1) is 8.54. The second kappa shape index (κ2) is 2.72. The van der Waals surface area contributed by atoms with Gasteiger partial charge in [0.15, 0.2) is 0 Å². The zero-order chi connectivity index (χ0) is 8.77. The number of rotatable bonds is 2. The predicted molar refractivity (Wildman–Crippen MR) is 53.8 cm³/mol. The van der Waals surface area contributed by atoms with Crippen LogP contribution in [0, 0.1) is 0 Å². The Kier molecular flexibility index (Phi) is 1.94. The van der Waals surface area contributed by atoms with Gasteiger partial charge in [0, 0.05) is 6.54 Å². The zero-order valence-electron chi connectivity index (χ0n) is 7.06. The Balaban J connectivity index is 2.43. The molecule has 0 saturated heterocycles. The highest BCUT2D eigenvalue weighted by Gasteiger charge is 2.41. The quantitative estimate of drug-likeness (QED) is 0.783. The first-order valence-corrected chi connectivity index (χ1v) is 5.39. The third kappa shape index (κ3) is 1.18. The first-order chi connectivity index (χ1) is 5.67. The molecule has 0 unspecified atom stereocenters. The maximum atomic E-state index is 6.02. The summed E-state index contributed by atoms with van der Waals surface area (Å²) in [6, 6.07) is 0. The number of thiophene rings is 1. The molecule has 2 N–H and O–H groups in total. The van der Waals surface area contributed by atoms with E-state index in [2.05, 4.69) is 12.3 Å². The van der Waals surface area contributed by atoms with E-state index in [9.17, 15) is 0 Å². The monoisotopic (exact) mass is 201 g/mol. The van der Waals surface area contributed by atoms with E-state index in [0.29, 0.717) is 12.0 Å². The van der Waals surface area contributed by atoms with Gasteiger partial charge < -0.3 is 5.73 Å². The van der Waals surface area contributed by atoms with Crippen LogP contribution in [0.5, 0.6) is 0 Å². The van der Waals surface area contributed by atoms with Crippen molar-refractivity contribution in [1.82, 2.24) is 0 Å². The van der Waals surface area contributed by atoms with Gasteiger partial charge in [-0.2, -0.15) is 0 Å². The maximum Gasteiger partial charge on any atom is 0.0976 e. The Hall–Kier alpha value is -0.0500. The van der Waals surface area contributed by atoms with E-state index in [-0.39, 0.29) is 0 Å². The van der Waals surface area contributed by atoms with E-state index in [1.807, 2.05) is 0 Å². The van der Waals surface area contributed by atoms with Crippen LogP contribution in [0.3, 0.4) is 0 Å². The van der Waals surface area contributed by atoms with Gasteiger partial charge in [0.05, 0.1) is 4.34 Å². The number of hydrogen-bond donors (Lipinski definition) is 1. The molecule has 1 fully saturated rings. The Bertz CT molecular complexity index is 301. The normalized spacial score (nSPS) is 19.6.